The lowest BCUT2D eigenvalue weighted by atomic mass is 10.1. The van der Waals surface area contributed by atoms with E-state index in [1.54, 1.807) is 6.07 Å². The summed E-state index contributed by atoms with van der Waals surface area (Å²) in [4.78, 5) is 12.4. The van der Waals surface area contributed by atoms with Crippen LogP contribution in [0.5, 0.6) is 0 Å². The minimum Gasteiger partial charge on any atom is -0.346 e. The van der Waals surface area contributed by atoms with E-state index in [1.165, 1.54) is 17.7 Å². The molecule has 0 radical (unpaired) electrons. The van der Waals surface area contributed by atoms with Crippen molar-refractivity contribution in [1.82, 2.24) is 20.7 Å². The predicted molar refractivity (Wildman–Crippen MR) is 98.2 cm³/mol. The summed E-state index contributed by atoms with van der Waals surface area (Å²) in [7, 11) is 0. The SMILES string of the molecule is Cc1ccc(Nc2n[nH]nc2C(=O)NCc2ccc(F)c(Cl)c2)cc1C. The van der Waals surface area contributed by atoms with E-state index >= 15 is 0 Å². The number of aromatic nitrogens is 3. The molecule has 6 nitrogen and oxygen atoms in total. The van der Waals surface area contributed by atoms with Gasteiger partial charge in [-0.3, -0.25) is 4.79 Å². The number of nitrogens with zero attached hydrogens (tertiary/aromatic N) is 2. The topological polar surface area (TPSA) is 82.7 Å². The normalized spacial score (nSPS) is 10.6. The Kier molecular flexibility index (Phi) is 5.18. The van der Waals surface area contributed by atoms with Crippen LogP contribution in [0.3, 0.4) is 0 Å². The number of nitrogens with one attached hydrogen (secondary N) is 3. The molecule has 0 aliphatic carbocycles. The number of aromatic amines is 1. The summed E-state index contributed by atoms with van der Waals surface area (Å²) in [6.07, 6.45) is 0. The van der Waals surface area contributed by atoms with Crippen molar-refractivity contribution in [3.8, 4) is 0 Å². The van der Waals surface area contributed by atoms with Crippen LogP contribution in [0.1, 0.15) is 27.2 Å². The number of H-pyrrole nitrogens is 1. The molecule has 0 bridgehead atoms. The molecule has 3 rings (SSSR count). The zero-order valence-corrected chi connectivity index (χ0v) is 15.0. The van der Waals surface area contributed by atoms with E-state index in [0.717, 1.165) is 11.3 Å². The smallest absolute Gasteiger partial charge is 0.275 e. The Hall–Kier alpha value is -2.93. The van der Waals surface area contributed by atoms with Crippen LogP contribution in [0, 0.1) is 19.7 Å². The monoisotopic (exact) mass is 373 g/mol. The summed E-state index contributed by atoms with van der Waals surface area (Å²) < 4.78 is 13.2. The molecule has 3 aromatic rings. The van der Waals surface area contributed by atoms with Crippen molar-refractivity contribution in [3.63, 3.8) is 0 Å². The third kappa shape index (κ3) is 4.00. The van der Waals surface area contributed by atoms with Crippen LogP contribution in [0.2, 0.25) is 5.02 Å². The fraction of sp³-hybridized carbons (Fsp3) is 0.167. The van der Waals surface area contributed by atoms with Gasteiger partial charge in [-0.05, 0) is 54.8 Å². The summed E-state index contributed by atoms with van der Waals surface area (Å²) in [6, 6.07) is 10.1. The van der Waals surface area contributed by atoms with Gasteiger partial charge in [-0.15, -0.1) is 10.2 Å². The van der Waals surface area contributed by atoms with E-state index in [4.69, 9.17) is 11.6 Å². The average Bonchev–Trinajstić information content (AvgIpc) is 3.07. The third-order valence-corrected chi connectivity index (χ3v) is 4.26. The maximum absolute atomic E-state index is 13.2. The zero-order chi connectivity index (χ0) is 18.7. The van der Waals surface area contributed by atoms with Crippen molar-refractivity contribution in [2.24, 2.45) is 0 Å². The Morgan fingerprint density at radius 1 is 1.15 bits per heavy atom. The van der Waals surface area contributed by atoms with Gasteiger partial charge in [0, 0.05) is 12.2 Å². The van der Waals surface area contributed by atoms with Gasteiger partial charge in [-0.1, -0.05) is 23.7 Å². The van der Waals surface area contributed by atoms with E-state index < -0.39 is 11.7 Å². The third-order valence-electron chi connectivity index (χ3n) is 3.97. The van der Waals surface area contributed by atoms with E-state index in [1.807, 2.05) is 32.0 Å². The van der Waals surface area contributed by atoms with Crippen LogP contribution in [-0.2, 0) is 6.54 Å². The summed E-state index contributed by atoms with van der Waals surface area (Å²) in [5, 5.41) is 16.1. The molecule has 3 N–H and O–H groups in total. The van der Waals surface area contributed by atoms with Crippen molar-refractivity contribution in [2.45, 2.75) is 20.4 Å². The molecular weight excluding hydrogens is 357 g/mol. The van der Waals surface area contributed by atoms with Gasteiger partial charge < -0.3 is 10.6 Å². The summed E-state index contributed by atoms with van der Waals surface area (Å²) >= 11 is 5.74. The Morgan fingerprint density at radius 2 is 1.96 bits per heavy atom. The number of hydrogen-bond acceptors (Lipinski definition) is 4. The van der Waals surface area contributed by atoms with E-state index in [2.05, 4.69) is 26.0 Å². The number of carbonyl (C=O) groups is 1. The van der Waals surface area contributed by atoms with Gasteiger partial charge >= 0.3 is 0 Å². The van der Waals surface area contributed by atoms with Crippen molar-refractivity contribution < 1.29 is 9.18 Å². The number of benzene rings is 2. The minimum absolute atomic E-state index is 0.00952. The number of carbonyl (C=O) groups excluding carboxylic acids is 1. The Balaban J connectivity index is 1.69. The summed E-state index contributed by atoms with van der Waals surface area (Å²) in [5.74, 6) is -0.591. The van der Waals surface area contributed by atoms with Crippen molar-refractivity contribution in [3.05, 3.63) is 69.6 Å². The van der Waals surface area contributed by atoms with Crippen LogP contribution < -0.4 is 10.6 Å². The summed E-state index contributed by atoms with van der Waals surface area (Å²) in [6.45, 7) is 4.22. The Labute approximate surface area is 154 Å². The molecule has 1 heterocycles. The van der Waals surface area contributed by atoms with Crippen LogP contribution in [0.15, 0.2) is 36.4 Å². The number of hydrogen-bond donors (Lipinski definition) is 3. The zero-order valence-electron chi connectivity index (χ0n) is 14.2. The molecule has 0 spiro atoms. The first-order valence-corrected chi connectivity index (χ1v) is 8.29. The Bertz CT molecular complexity index is 957. The van der Waals surface area contributed by atoms with E-state index in [0.29, 0.717) is 11.4 Å². The lowest BCUT2D eigenvalue weighted by molar-refractivity contribution is 0.0946. The highest BCUT2D eigenvalue weighted by Gasteiger charge is 2.17. The number of aryl methyl sites for hydroxylation is 2. The molecule has 0 atom stereocenters. The van der Waals surface area contributed by atoms with E-state index in [9.17, 15) is 9.18 Å². The maximum atomic E-state index is 13.2. The molecule has 0 aliphatic heterocycles. The van der Waals surface area contributed by atoms with Gasteiger partial charge in [-0.2, -0.15) is 5.21 Å². The second-order valence-electron chi connectivity index (χ2n) is 5.88. The van der Waals surface area contributed by atoms with Gasteiger partial charge in [-0.25, -0.2) is 4.39 Å². The largest absolute Gasteiger partial charge is 0.346 e. The predicted octanol–water partition coefficient (Wildman–Crippen LogP) is 3.89. The number of anilines is 2. The quantitative estimate of drug-likeness (QED) is 0.633. The molecular formula is C18H17ClFN5O. The minimum atomic E-state index is -0.502. The second-order valence-corrected chi connectivity index (χ2v) is 6.28. The lowest BCUT2D eigenvalue weighted by Gasteiger charge is -2.08. The van der Waals surface area contributed by atoms with Crippen molar-refractivity contribution >= 4 is 29.0 Å². The van der Waals surface area contributed by atoms with Gasteiger partial charge in [0.1, 0.15) is 5.82 Å². The number of amides is 1. The molecule has 0 saturated heterocycles. The molecule has 0 unspecified atom stereocenters. The van der Waals surface area contributed by atoms with Crippen LogP contribution in [0.4, 0.5) is 15.9 Å². The lowest BCUT2D eigenvalue weighted by Crippen LogP contribution is -2.24. The molecule has 134 valence electrons. The maximum Gasteiger partial charge on any atom is 0.275 e. The number of halogens is 2. The highest BCUT2D eigenvalue weighted by Crippen LogP contribution is 2.20. The van der Waals surface area contributed by atoms with Crippen LogP contribution >= 0.6 is 11.6 Å². The number of rotatable bonds is 5. The van der Waals surface area contributed by atoms with Gasteiger partial charge in [0.05, 0.1) is 5.02 Å². The first-order valence-electron chi connectivity index (χ1n) is 7.91. The Morgan fingerprint density at radius 3 is 2.69 bits per heavy atom. The highest BCUT2D eigenvalue weighted by atomic mass is 35.5. The standard InChI is InChI=1S/C18H17ClFN5O/c1-10-3-5-13(7-11(10)2)22-17-16(23-25-24-17)18(26)21-9-12-4-6-15(20)14(19)8-12/h3-8H,9H2,1-2H3,(H,21,26)(H2,22,23,24,25). The van der Waals surface area contributed by atoms with Crippen molar-refractivity contribution in [1.29, 1.82) is 0 Å². The molecule has 1 amide bonds. The molecule has 0 saturated carbocycles. The van der Waals surface area contributed by atoms with Crippen molar-refractivity contribution in [2.75, 3.05) is 5.32 Å². The fourth-order valence-corrected chi connectivity index (χ4v) is 2.55. The van der Waals surface area contributed by atoms with Gasteiger partial charge in [0.25, 0.3) is 5.91 Å². The van der Waals surface area contributed by atoms with E-state index in [-0.39, 0.29) is 17.3 Å². The average molecular weight is 374 g/mol. The molecule has 26 heavy (non-hydrogen) atoms. The molecule has 0 fully saturated rings. The first-order chi connectivity index (χ1) is 12.4. The van der Waals surface area contributed by atoms with Gasteiger partial charge in [0.15, 0.2) is 11.5 Å². The second kappa shape index (κ2) is 7.53. The summed E-state index contributed by atoms with van der Waals surface area (Å²) in [5.41, 5.74) is 3.92. The molecule has 0 aliphatic rings. The molecule has 2 aromatic carbocycles. The van der Waals surface area contributed by atoms with Gasteiger partial charge in [0.2, 0.25) is 0 Å². The van der Waals surface area contributed by atoms with Crippen LogP contribution in [0.25, 0.3) is 0 Å². The fourth-order valence-electron chi connectivity index (χ4n) is 2.35. The van der Waals surface area contributed by atoms with Crippen LogP contribution in [-0.4, -0.2) is 21.3 Å². The highest BCUT2D eigenvalue weighted by molar-refractivity contribution is 6.30. The first kappa shape index (κ1) is 17.9. The molecule has 1 aromatic heterocycles. The molecule has 8 heteroatoms.